The summed E-state index contributed by atoms with van der Waals surface area (Å²) in [6.07, 6.45) is 9.61. The second-order valence-corrected chi connectivity index (χ2v) is 4.58. The number of hydrogen-bond donors (Lipinski definition) is 0. The van der Waals surface area contributed by atoms with Crippen LogP contribution < -0.4 is 4.74 Å². The van der Waals surface area contributed by atoms with E-state index in [1.54, 1.807) is 6.08 Å². The number of hydrogen-bond acceptors (Lipinski definition) is 1. The standard InChI is InChI=1S/C16H18N2O/c1-2-3-4-13-5-9-15(10-6-13)19-16-11-7-14(18-17)8-12-16/h5-7,9-12H,2-4,8H2,1H3. The molecule has 1 aromatic rings. The number of nitrogens with zero attached hydrogens (tertiary/aromatic N) is 2. The zero-order valence-electron chi connectivity index (χ0n) is 11.2. The molecular formula is C16H18N2O. The van der Waals surface area contributed by atoms with E-state index in [4.69, 9.17) is 10.3 Å². The summed E-state index contributed by atoms with van der Waals surface area (Å²) in [5, 5.41) is 0. The normalized spacial score (nSPS) is 13.9. The molecule has 0 saturated heterocycles. The first-order valence-electron chi connectivity index (χ1n) is 6.68. The van der Waals surface area contributed by atoms with Gasteiger partial charge in [-0.2, -0.15) is 4.79 Å². The summed E-state index contributed by atoms with van der Waals surface area (Å²) < 4.78 is 5.75. The Balaban J connectivity index is 1.95. The van der Waals surface area contributed by atoms with Crippen LogP contribution in [0.1, 0.15) is 31.7 Å². The topological polar surface area (TPSA) is 45.6 Å². The predicted molar refractivity (Wildman–Crippen MR) is 76.1 cm³/mol. The molecular weight excluding hydrogens is 236 g/mol. The van der Waals surface area contributed by atoms with Crippen LogP contribution in [0.4, 0.5) is 0 Å². The fraction of sp³-hybridized carbons (Fsp3) is 0.312. The highest BCUT2D eigenvalue weighted by molar-refractivity contribution is 5.92. The van der Waals surface area contributed by atoms with Crippen molar-refractivity contribution in [3.63, 3.8) is 0 Å². The molecule has 0 amide bonds. The Hall–Kier alpha value is -2.12. The molecule has 98 valence electrons. The van der Waals surface area contributed by atoms with Crippen molar-refractivity contribution in [2.45, 2.75) is 32.6 Å². The van der Waals surface area contributed by atoms with Crippen molar-refractivity contribution in [3.8, 4) is 5.75 Å². The number of ether oxygens (including phenoxy) is 1. The Morgan fingerprint density at radius 2 is 2.00 bits per heavy atom. The molecule has 19 heavy (non-hydrogen) atoms. The minimum atomic E-state index is 0.594. The maximum Gasteiger partial charge on any atom is 0.296 e. The highest BCUT2D eigenvalue weighted by Gasteiger charge is 2.09. The van der Waals surface area contributed by atoms with Gasteiger partial charge in [-0.25, -0.2) is 0 Å². The van der Waals surface area contributed by atoms with Gasteiger partial charge in [-0.3, -0.25) is 0 Å². The third-order valence-corrected chi connectivity index (χ3v) is 3.06. The van der Waals surface area contributed by atoms with Gasteiger partial charge in [0.1, 0.15) is 11.5 Å². The van der Waals surface area contributed by atoms with Gasteiger partial charge in [-0.15, -0.1) is 0 Å². The summed E-state index contributed by atoms with van der Waals surface area (Å²) in [4.78, 5) is 3.16. The van der Waals surface area contributed by atoms with Crippen molar-refractivity contribution < 1.29 is 9.53 Å². The SMILES string of the molecule is CCCCc1ccc(OC2=CCC(=[N+]=[N-])C=C2)cc1. The molecule has 3 heteroatoms. The van der Waals surface area contributed by atoms with Crippen molar-refractivity contribution in [2.24, 2.45) is 0 Å². The first-order valence-corrected chi connectivity index (χ1v) is 6.68. The number of benzene rings is 1. The fourth-order valence-corrected chi connectivity index (χ4v) is 1.91. The first kappa shape index (κ1) is 13.3. The number of aryl methyl sites for hydroxylation is 1. The van der Waals surface area contributed by atoms with Gasteiger partial charge in [-0.1, -0.05) is 25.5 Å². The quantitative estimate of drug-likeness (QED) is 0.580. The van der Waals surface area contributed by atoms with Gasteiger partial charge in [0.2, 0.25) is 0 Å². The van der Waals surface area contributed by atoms with E-state index in [2.05, 4.69) is 23.8 Å². The molecule has 1 aliphatic carbocycles. The lowest BCUT2D eigenvalue weighted by atomic mass is 10.1. The monoisotopic (exact) mass is 254 g/mol. The van der Waals surface area contributed by atoms with Crippen LogP contribution in [0.2, 0.25) is 0 Å². The van der Waals surface area contributed by atoms with Gasteiger partial charge in [0.05, 0.1) is 6.42 Å². The highest BCUT2D eigenvalue weighted by Crippen LogP contribution is 2.18. The van der Waals surface area contributed by atoms with Crippen LogP contribution in [0.25, 0.3) is 5.53 Å². The second-order valence-electron chi connectivity index (χ2n) is 4.58. The molecule has 3 nitrogen and oxygen atoms in total. The molecule has 0 fully saturated rings. The average Bonchev–Trinajstić information content (AvgIpc) is 2.47. The summed E-state index contributed by atoms with van der Waals surface area (Å²) in [7, 11) is 0. The molecule has 0 saturated carbocycles. The van der Waals surface area contributed by atoms with Crippen molar-refractivity contribution in [1.82, 2.24) is 0 Å². The van der Waals surface area contributed by atoms with E-state index < -0.39 is 0 Å². The summed E-state index contributed by atoms with van der Waals surface area (Å²) >= 11 is 0. The van der Waals surface area contributed by atoms with Crippen LogP contribution in [0, 0.1) is 0 Å². The van der Waals surface area contributed by atoms with Gasteiger partial charge in [0.25, 0.3) is 5.71 Å². The van der Waals surface area contributed by atoms with Crippen LogP contribution >= 0.6 is 0 Å². The molecule has 0 aliphatic heterocycles. The van der Waals surface area contributed by atoms with Gasteiger partial charge in [0, 0.05) is 6.08 Å². The first-order chi connectivity index (χ1) is 9.31. The van der Waals surface area contributed by atoms with Crippen molar-refractivity contribution in [2.75, 3.05) is 0 Å². The molecule has 0 aromatic heterocycles. The minimum Gasteiger partial charge on any atom is -0.458 e. The van der Waals surface area contributed by atoms with E-state index in [9.17, 15) is 0 Å². The van der Waals surface area contributed by atoms with Gasteiger partial charge >= 0.3 is 0 Å². The highest BCUT2D eigenvalue weighted by atomic mass is 16.5. The van der Waals surface area contributed by atoms with E-state index in [-0.39, 0.29) is 0 Å². The third-order valence-electron chi connectivity index (χ3n) is 3.06. The van der Waals surface area contributed by atoms with E-state index in [0.717, 1.165) is 17.9 Å². The fourth-order valence-electron chi connectivity index (χ4n) is 1.91. The summed E-state index contributed by atoms with van der Waals surface area (Å²) in [5.74, 6) is 1.62. The van der Waals surface area contributed by atoms with Crippen LogP contribution in [0.3, 0.4) is 0 Å². The van der Waals surface area contributed by atoms with Crippen LogP contribution in [-0.4, -0.2) is 10.5 Å². The molecule has 1 aliphatic rings. The Labute approximate surface area is 113 Å². The second kappa shape index (κ2) is 6.72. The van der Waals surface area contributed by atoms with Gasteiger partial charge in [-0.05, 0) is 42.7 Å². The number of unbranched alkanes of at least 4 members (excludes halogenated alkanes) is 1. The molecule has 1 aromatic carbocycles. The van der Waals surface area contributed by atoms with Crippen LogP contribution in [-0.2, 0) is 6.42 Å². The average molecular weight is 254 g/mol. The van der Waals surface area contributed by atoms with E-state index in [0.29, 0.717) is 12.1 Å². The van der Waals surface area contributed by atoms with Crippen LogP contribution in [0.5, 0.6) is 5.75 Å². The largest absolute Gasteiger partial charge is 0.458 e. The van der Waals surface area contributed by atoms with Crippen molar-refractivity contribution in [1.29, 1.82) is 0 Å². The molecule has 0 heterocycles. The molecule has 0 spiro atoms. The maximum absolute atomic E-state index is 8.64. The van der Waals surface area contributed by atoms with Crippen molar-refractivity contribution in [3.05, 3.63) is 59.3 Å². The van der Waals surface area contributed by atoms with Crippen LogP contribution in [0.15, 0.2) is 48.3 Å². The minimum absolute atomic E-state index is 0.594. The number of allylic oxidation sites excluding steroid dienone is 3. The third kappa shape index (κ3) is 3.94. The van der Waals surface area contributed by atoms with Gasteiger partial charge < -0.3 is 10.3 Å². The molecule has 0 bridgehead atoms. The molecule has 0 radical (unpaired) electrons. The molecule has 0 atom stereocenters. The zero-order chi connectivity index (χ0) is 13.5. The maximum atomic E-state index is 8.64. The lowest BCUT2D eigenvalue weighted by Crippen LogP contribution is -2.02. The van der Waals surface area contributed by atoms with E-state index in [1.807, 2.05) is 24.3 Å². The molecule has 2 rings (SSSR count). The number of rotatable bonds is 5. The summed E-state index contributed by atoms with van der Waals surface area (Å²) in [5.41, 5.74) is 10.6. The molecule has 0 N–H and O–H groups in total. The Bertz CT molecular complexity index is 534. The Morgan fingerprint density at radius 1 is 1.21 bits per heavy atom. The zero-order valence-corrected chi connectivity index (χ0v) is 11.2. The summed E-state index contributed by atoms with van der Waals surface area (Å²) in [6.45, 7) is 2.20. The molecule has 0 unspecified atom stereocenters. The smallest absolute Gasteiger partial charge is 0.296 e. The van der Waals surface area contributed by atoms with E-state index >= 15 is 0 Å². The Morgan fingerprint density at radius 3 is 2.58 bits per heavy atom. The Kier molecular flexibility index (Phi) is 4.71. The lowest BCUT2D eigenvalue weighted by molar-refractivity contribution is -0.00549. The summed E-state index contributed by atoms with van der Waals surface area (Å²) in [6, 6.07) is 8.21. The lowest BCUT2D eigenvalue weighted by Gasteiger charge is -2.09. The van der Waals surface area contributed by atoms with Crippen molar-refractivity contribution >= 4 is 5.71 Å². The predicted octanol–water partition coefficient (Wildman–Crippen LogP) is 3.92. The van der Waals surface area contributed by atoms with E-state index in [1.165, 1.54) is 18.4 Å². The van der Waals surface area contributed by atoms with Gasteiger partial charge in [0.15, 0.2) is 0 Å².